The van der Waals surface area contributed by atoms with Crippen molar-refractivity contribution >= 4 is 29.7 Å². The average Bonchev–Trinajstić information content (AvgIpc) is 2.88. The number of fused-ring (bicyclic) bond motifs is 2. The minimum atomic E-state index is -0.369. The summed E-state index contributed by atoms with van der Waals surface area (Å²) >= 11 is 0. The van der Waals surface area contributed by atoms with Gasteiger partial charge < -0.3 is 19.7 Å². The zero-order valence-electron chi connectivity index (χ0n) is 23.0. The van der Waals surface area contributed by atoms with Crippen molar-refractivity contribution < 1.29 is 19.1 Å². The normalized spacial score (nSPS) is 15.5. The third-order valence-corrected chi connectivity index (χ3v) is 7.35. The van der Waals surface area contributed by atoms with E-state index in [0.29, 0.717) is 32.5 Å². The number of ether oxygens (including phenoxy) is 2. The van der Waals surface area contributed by atoms with E-state index in [1.165, 1.54) is 0 Å². The smallest absolute Gasteiger partial charge is 0.229 e. The molecule has 1 aliphatic rings. The van der Waals surface area contributed by atoms with E-state index in [0.717, 1.165) is 35.2 Å². The van der Waals surface area contributed by atoms with Crippen molar-refractivity contribution in [1.82, 2.24) is 5.32 Å². The highest BCUT2D eigenvalue weighted by molar-refractivity contribution is 5.97. The van der Waals surface area contributed by atoms with E-state index in [-0.39, 0.29) is 29.4 Å². The number of carbonyl (C=O) groups excluding carboxylic acids is 2. The summed E-state index contributed by atoms with van der Waals surface area (Å²) in [6, 6.07) is 16.0. The molecule has 2 amide bonds. The molecular weight excluding hydrogens is 464 g/mol. The first-order valence-corrected chi connectivity index (χ1v) is 13.3. The lowest BCUT2D eigenvalue weighted by Crippen LogP contribution is -2.36. The molecule has 1 unspecified atom stereocenters. The molecule has 1 atom stereocenters. The Balaban J connectivity index is 1.53. The Morgan fingerprint density at radius 1 is 0.946 bits per heavy atom. The lowest BCUT2D eigenvalue weighted by molar-refractivity contribution is -0.124. The number of anilines is 1. The van der Waals surface area contributed by atoms with E-state index in [2.05, 4.69) is 43.4 Å². The van der Waals surface area contributed by atoms with Crippen molar-refractivity contribution in [3.05, 3.63) is 65.2 Å². The van der Waals surface area contributed by atoms with Crippen molar-refractivity contribution in [2.45, 2.75) is 77.5 Å². The van der Waals surface area contributed by atoms with Gasteiger partial charge in [0.05, 0.1) is 30.0 Å². The van der Waals surface area contributed by atoms with Crippen LogP contribution in [0.4, 0.5) is 5.69 Å². The van der Waals surface area contributed by atoms with Crippen LogP contribution in [-0.2, 0) is 25.6 Å². The second kappa shape index (κ2) is 13.0. The summed E-state index contributed by atoms with van der Waals surface area (Å²) in [4.78, 5) is 27.7. The van der Waals surface area contributed by atoms with Crippen LogP contribution in [0.2, 0.25) is 0 Å². The summed E-state index contributed by atoms with van der Waals surface area (Å²) in [5.41, 5.74) is 3.49. The van der Waals surface area contributed by atoms with Gasteiger partial charge in [-0.15, -0.1) is 0 Å². The number of carbonyl (C=O) groups is 2. The number of amides is 2. The van der Waals surface area contributed by atoms with Gasteiger partial charge in [0.2, 0.25) is 11.8 Å². The summed E-state index contributed by atoms with van der Waals surface area (Å²) in [5, 5.41) is 2.93. The first kappa shape index (κ1) is 28.6. The Kier molecular flexibility index (Phi) is 10.1. The highest BCUT2D eigenvalue weighted by Crippen LogP contribution is 2.29. The number of benzene rings is 2. The Labute approximate surface area is 222 Å². The van der Waals surface area contributed by atoms with Crippen LogP contribution in [0.15, 0.2) is 48.5 Å². The van der Waals surface area contributed by atoms with Crippen molar-refractivity contribution in [2.24, 2.45) is 0 Å². The fourth-order valence-corrected chi connectivity index (χ4v) is 4.28. The zero-order chi connectivity index (χ0) is 26.9. The maximum absolute atomic E-state index is 13.3. The van der Waals surface area contributed by atoms with Crippen LogP contribution in [0.5, 0.6) is 0 Å². The number of rotatable bonds is 12. The van der Waals surface area contributed by atoms with Crippen LogP contribution in [0.25, 0.3) is 12.2 Å². The number of methoxy groups -OCH3 is 1. The molecule has 2 aromatic rings. The van der Waals surface area contributed by atoms with Gasteiger partial charge in [-0.25, -0.2) is 0 Å². The summed E-state index contributed by atoms with van der Waals surface area (Å²) < 4.78 is 11.6. The molecule has 3 rings (SSSR count). The largest absolute Gasteiger partial charge is 0.379 e. The lowest BCUT2D eigenvalue weighted by atomic mass is 9.96. The standard InChI is InChI=1S/C31H42N2O4/c1-6-31(4,37-22-20-30(2,3)36-5)19-17-28(34)32-21-18-29(35)33-23-26-13-8-7-11-24(26)15-16-25-12-9-10-14-27(25)33/h7-16H,6,17-23H2,1-5H3,(H,32,34)/b16-15-. The number of nitrogens with one attached hydrogen (secondary N) is 1. The molecule has 6 nitrogen and oxygen atoms in total. The Morgan fingerprint density at radius 2 is 1.62 bits per heavy atom. The summed E-state index contributed by atoms with van der Waals surface area (Å²) in [6.45, 7) is 9.58. The predicted octanol–water partition coefficient (Wildman–Crippen LogP) is 5.99. The van der Waals surface area contributed by atoms with Crippen molar-refractivity contribution in [2.75, 3.05) is 25.2 Å². The van der Waals surface area contributed by atoms with Crippen LogP contribution >= 0.6 is 0 Å². The molecule has 1 aliphatic heterocycles. The van der Waals surface area contributed by atoms with Gasteiger partial charge in [-0.1, -0.05) is 61.5 Å². The Bertz CT molecular complexity index is 1090. The number of hydrogen-bond donors (Lipinski definition) is 1. The van der Waals surface area contributed by atoms with Crippen molar-refractivity contribution in [3.63, 3.8) is 0 Å². The SMILES string of the molecule is CCC(C)(CCC(=O)NCCC(=O)N1Cc2ccccc2/C=C\c2ccccc21)OCCC(C)(C)OC. The first-order valence-electron chi connectivity index (χ1n) is 13.3. The van der Waals surface area contributed by atoms with E-state index in [9.17, 15) is 9.59 Å². The van der Waals surface area contributed by atoms with Gasteiger partial charge in [0.25, 0.3) is 0 Å². The van der Waals surface area contributed by atoms with Gasteiger partial charge in [-0.3, -0.25) is 9.59 Å². The average molecular weight is 507 g/mol. The Hall–Kier alpha value is -2.96. The molecule has 37 heavy (non-hydrogen) atoms. The molecule has 0 saturated heterocycles. The minimum absolute atomic E-state index is 0.0136. The fraction of sp³-hybridized carbons (Fsp3) is 0.484. The van der Waals surface area contributed by atoms with Gasteiger partial charge in [0.15, 0.2) is 0 Å². The molecule has 0 spiro atoms. The monoisotopic (exact) mass is 506 g/mol. The summed E-state index contributed by atoms with van der Waals surface area (Å²) in [6.07, 6.45) is 6.97. The first-order chi connectivity index (χ1) is 17.7. The highest BCUT2D eigenvalue weighted by Gasteiger charge is 2.26. The van der Waals surface area contributed by atoms with E-state index < -0.39 is 0 Å². The quantitative estimate of drug-likeness (QED) is 0.384. The second-order valence-corrected chi connectivity index (χ2v) is 10.5. The Morgan fingerprint density at radius 3 is 2.35 bits per heavy atom. The molecule has 1 N–H and O–H groups in total. The fourth-order valence-electron chi connectivity index (χ4n) is 4.28. The molecular formula is C31H42N2O4. The number of para-hydroxylation sites is 1. The van der Waals surface area contributed by atoms with Gasteiger partial charge in [-0.05, 0) is 62.8 Å². The molecule has 0 saturated carbocycles. The van der Waals surface area contributed by atoms with Crippen LogP contribution < -0.4 is 10.2 Å². The summed E-state index contributed by atoms with van der Waals surface area (Å²) in [7, 11) is 1.71. The molecule has 1 heterocycles. The van der Waals surface area contributed by atoms with Crippen LogP contribution in [-0.4, -0.2) is 43.3 Å². The maximum atomic E-state index is 13.3. The minimum Gasteiger partial charge on any atom is -0.379 e. The van der Waals surface area contributed by atoms with Crippen LogP contribution in [0.1, 0.15) is 76.5 Å². The highest BCUT2D eigenvalue weighted by atomic mass is 16.5. The van der Waals surface area contributed by atoms with Gasteiger partial charge >= 0.3 is 0 Å². The molecule has 2 aromatic carbocycles. The predicted molar refractivity (Wildman–Crippen MR) is 150 cm³/mol. The van der Waals surface area contributed by atoms with E-state index in [1.807, 2.05) is 55.1 Å². The van der Waals surface area contributed by atoms with Gasteiger partial charge in [0.1, 0.15) is 0 Å². The van der Waals surface area contributed by atoms with Crippen molar-refractivity contribution in [1.29, 1.82) is 0 Å². The lowest BCUT2D eigenvalue weighted by Gasteiger charge is -2.31. The third-order valence-electron chi connectivity index (χ3n) is 7.35. The number of nitrogens with zero attached hydrogens (tertiary/aromatic N) is 1. The number of hydrogen-bond acceptors (Lipinski definition) is 4. The van der Waals surface area contributed by atoms with Gasteiger partial charge in [-0.2, -0.15) is 0 Å². The third kappa shape index (κ3) is 8.27. The molecule has 0 radical (unpaired) electrons. The molecule has 0 aromatic heterocycles. The van der Waals surface area contributed by atoms with Crippen LogP contribution in [0, 0.1) is 0 Å². The van der Waals surface area contributed by atoms with E-state index in [1.54, 1.807) is 7.11 Å². The van der Waals surface area contributed by atoms with Gasteiger partial charge in [0, 0.05) is 26.5 Å². The molecule has 6 heteroatoms. The molecule has 0 bridgehead atoms. The van der Waals surface area contributed by atoms with E-state index >= 15 is 0 Å². The maximum Gasteiger partial charge on any atom is 0.229 e. The topological polar surface area (TPSA) is 67.9 Å². The molecule has 0 aliphatic carbocycles. The molecule has 200 valence electrons. The zero-order valence-corrected chi connectivity index (χ0v) is 23.0. The van der Waals surface area contributed by atoms with E-state index in [4.69, 9.17) is 9.47 Å². The summed E-state index contributed by atoms with van der Waals surface area (Å²) in [5.74, 6) is -0.0741. The molecule has 0 fully saturated rings. The van der Waals surface area contributed by atoms with Crippen molar-refractivity contribution in [3.8, 4) is 0 Å². The second-order valence-electron chi connectivity index (χ2n) is 10.5. The van der Waals surface area contributed by atoms with Crippen LogP contribution in [0.3, 0.4) is 0 Å².